The van der Waals surface area contributed by atoms with Gasteiger partial charge in [0.25, 0.3) is 5.91 Å². The van der Waals surface area contributed by atoms with E-state index in [0.29, 0.717) is 40.2 Å². The molecule has 0 atom stereocenters. The Balaban J connectivity index is 2.14. The Morgan fingerprint density at radius 1 is 1.19 bits per heavy atom. The van der Waals surface area contributed by atoms with Gasteiger partial charge in [0.1, 0.15) is 0 Å². The first kappa shape index (κ1) is 20.4. The molecule has 0 saturated carbocycles. The number of aryl methyl sites for hydroxylation is 1. The average Bonchev–Trinajstić information content (AvgIpc) is 2.96. The number of aromatic nitrogens is 1. The molecule has 0 aliphatic rings. The van der Waals surface area contributed by atoms with Gasteiger partial charge in [-0.15, -0.1) is 0 Å². The third-order valence-corrected chi connectivity index (χ3v) is 6.05. The van der Waals surface area contributed by atoms with E-state index in [9.17, 15) is 4.79 Å². The zero-order valence-electron chi connectivity index (χ0n) is 14.8. The fraction of sp³-hybridized carbons (Fsp3) is 0.263. The lowest BCUT2D eigenvalue weighted by Gasteiger charge is -2.08. The van der Waals surface area contributed by atoms with E-state index in [-0.39, 0.29) is 5.02 Å². The van der Waals surface area contributed by atoms with Gasteiger partial charge in [0.2, 0.25) is 0 Å². The van der Waals surface area contributed by atoms with Crippen molar-refractivity contribution >= 4 is 62.3 Å². The third kappa shape index (κ3) is 4.39. The number of hydrogen-bond acceptors (Lipinski definition) is 3. The predicted molar refractivity (Wildman–Crippen MR) is 112 cm³/mol. The summed E-state index contributed by atoms with van der Waals surface area (Å²) in [7, 11) is 0. The predicted octanol–water partition coefficient (Wildman–Crippen LogP) is 5.75. The van der Waals surface area contributed by atoms with E-state index in [4.69, 9.17) is 39.5 Å². The smallest absolute Gasteiger partial charge is 0.281 e. The minimum absolute atomic E-state index is 0.275. The van der Waals surface area contributed by atoms with Crippen molar-refractivity contribution in [1.29, 1.82) is 0 Å². The van der Waals surface area contributed by atoms with Crippen molar-refractivity contribution in [1.82, 2.24) is 4.57 Å². The Morgan fingerprint density at radius 3 is 2.67 bits per heavy atom. The SMILES string of the molecule is CCOCCn1c(=NC(=O)c2ccc(Cl)cc2Cl)sc2ccc(Cl)c(C)c21. The van der Waals surface area contributed by atoms with Gasteiger partial charge in [-0.25, -0.2) is 0 Å². The number of thiazole rings is 1. The van der Waals surface area contributed by atoms with Gasteiger partial charge < -0.3 is 9.30 Å². The number of amides is 1. The van der Waals surface area contributed by atoms with Crippen LogP contribution in [0.2, 0.25) is 15.1 Å². The van der Waals surface area contributed by atoms with Gasteiger partial charge in [0.05, 0.1) is 27.4 Å². The van der Waals surface area contributed by atoms with Crippen molar-refractivity contribution in [2.75, 3.05) is 13.2 Å². The van der Waals surface area contributed by atoms with Gasteiger partial charge >= 0.3 is 0 Å². The molecule has 2 aromatic carbocycles. The summed E-state index contributed by atoms with van der Waals surface area (Å²) < 4.78 is 8.46. The van der Waals surface area contributed by atoms with Crippen LogP contribution in [0, 0.1) is 6.92 Å². The molecule has 3 rings (SSSR count). The minimum Gasteiger partial charge on any atom is -0.380 e. The van der Waals surface area contributed by atoms with E-state index in [1.165, 1.54) is 17.4 Å². The highest BCUT2D eigenvalue weighted by molar-refractivity contribution is 7.16. The Labute approximate surface area is 176 Å². The topological polar surface area (TPSA) is 43.6 Å². The van der Waals surface area contributed by atoms with Crippen molar-refractivity contribution in [3.8, 4) is 0 Å². The summed E-state index contributed by atoms with van der Waals surface area (Å²) in [5, 5.41) is 1.41. The van der Waals surface area contributed by atoms with Crippen molar-refractivity contribution < 1.29 is 9.53 Å². The first-order valence-corrected chi connectivity index (χ1v) is 10.3. The molecule has 1 amide bonds. The van der Waals surface area contributed by atoms with E-state index in [1.807, 2.05) is 30.5 Å². The van der Waals surface area contributed by atoms with Crippen molar-refractivity contribution in [2.45, 2.75) is 20.4 Å². The minimum atomic E-state index is -0.419. The zero-order chi connectivity index (χ0) is 19.6. The molecule has 3 aromatic rings. The molecule has 1 aromatic heterocycles. The molecule has 0 N–H and O–H groups in total. The average molecular weight is 444 g/mol. The lowest BCUT2D eigenvalue weighted by molar-refractivity contribution is 0.0997. The van der Waals surface area contributed by atoms with E-state index in [1.54, 1.807) is 12.1 Å². The fourth-order valence-electron chi connectivity index (χ4n) is 2.72. The molecule has 0 saturated heterocycles. The normalized spacial score (nSPS) is 12.1. The summed E-state index contributed by atoms with van der Waals surface area (Å²) in [4.78, 5) is 17.6. The molecular formula is C19H17Cl3N2O2S. The van der Waals surface area contributed by atoms with E-state index in [0.717, 1.165) is 15.8 Å². The Kier molecular flexibility index (Phi) is 6.61. The summed E-state index contributed by atoms with van der Waals surface area (Å²) >= 11 is 19.8. The molecule has 0 bridgehead atoms. The number of carbonyl (C=O) groups is 1. The van der Waals surface area contributed by atoms with Crippen LogP contribution in [0.5, 0.6) is 0 Å². The second kappa shape index (κ2) is 8.76. The Hall–Kier alpha value is -1.37. The number of nitrogens with zero attached hydrogens (tertiary/aromatic N) is 2. The Bertz CT molecular complexity index is 1070. The van der Waals surface area contributed by atoms with Crippen LogP contribution in [-0.2, 0) is 11.3 Å². The van der Waals surface area contributed by atoms with Gasteiger partial charge in [-0.05, 0) is 49.7 Å². The van der Waals surface area contributed by atoms with Crippen LogP contribution in [0.3, 0.4) is 0 Å². The van der Waals surface area contributed by atoms with Gasteiger partial charge in [0, 0.05) is 23.2 Å². The molecule has 0 unspecified atom stereocenters. The molecule has 0 fully saturated rings. The number of fused-ring (bicyclic) bond motifs is 1. The van der Waals surface area contributed by atoms with Crippen molar-refractivity contribution in [3.63, 3.8) is 0 Å². The standard InChI is InChI=1S/C19H17Cl3N2O2S/c1-3-26-9-8-24-17-11(2)14(21)6-7-16(17)27-19(24)23-18(25)13-5-4-12(20)10-15(13)22/h4-7,10H,3,8-9H2,1-2H3. The molecule has 1 heterocycles. The summed E-state index contributed by atoms with van der Waals surface area (Å²) in [6, 6.07) is 8.52. The number of benzene rings is 2. The summed E-state index contributed by atoms with van der Waals surface area (Å²) in [5.41, 5.74) is 2.21. The molecule has 0 aliphatic carbocycles. The quantitative estimate of drug-likeness (QED) is 0.471. The van der Waals surface area contributed by atoms with Crippen LogP contribution in [0.1, 0.15) is 22.8 Å². The van der Waals surface area contributed by atoms with Gasteiger partial charge in [-0.3, -0.25) is 4.79 Å². The largest absolute Gasteiger partial charge is 0.380 e. The highest BCUT2D eigenvalue weighted by Crippen LogP contribution is 2.27. The van der Waals surface area contributed by atoms with Gasteiger partial charge in [0.15, 0.2) is 4.80 Å². The molecule has 27 heavy (non-hydrogen) atoms. The summed E-state index contributed by atoms with van der Waals surface area (Å²) in [5.74, 6) is -0.419. The number of carbonyl (C=O) groups excluding carboxylic acids is 1. The molecular weight excluding hydrogens is 427 g/mol. The van der Waals surface area contributed by atoms with Gasteiger partial charge in [-0.1, -0.05) is 46.1 Å². The van der Waals surface area contributed by atoms with Crippen molar-refractivity contribution in [2.24, 2.45) is 4.99 Å². The maximum Gasteiger partial charge on any atom is 0.281 e. The second-order valence-corrected chi connectivity index (χ2v) is 8.05. The molecule has 142 valence electrons. The van der Waals surface area contributed by atoms with Crippen LogP contribution < -0.4 is 4.80 Å². The molecule has 8 heteroatoms. The highest BCUT2D eigenvalue weighted by atomic mass is 35.5. The molecule has 0 radical (unpaired) electrons. The van der Waals surface area contributed by atoms with E-state index >= 15 is 0 Å². The third-order valence-electron chi connectivity index (χ3n) is 4.05. The van der Waals surface area contributed by atoms with Crippen LogP contribution in [-0.4, -0.2) is 23.7 Å². The van der Waals surface area contributed by atoms with Crippen LogP contribution >= 0.6 is 46.1 Å². The number of hydrogen-bond donors (Lipinski definition) is 0. The van der Waals surface area contributed by atoms with Crippen LogP contribution in [0.15, 0.2) is 35.3 Å². The number of ether oxygens (including phenoxy) is 1. The molecule has 4 nitrogen and oxygen atoms in total. The molecule has 0 aliphatic heterocycles. The van der Waals surface area contributed by atoms with E-state index < -0.39 is 5.91 Å². The lowest BCUT2D eigenvalue weighted by atomic mass is 10.2. The Morgan fingerprint density at radius 2 is 1.96 bits per heavy atom. The first-order chi connectivity index (χ1) is 12.9. The maximum absolute atomic E-state index is 12.7. The molecule has 0 spiro atoms. The summed E-state index contributed by atoms with van der Waals surface area (Å²) in [6.07, 6.45) is 0. The van der Waals surface area contributed by atoms with Crippen molar-refractivity contribution in [3.05, 3.63) is 61.3 Å². The highest BCUT2D eigenvalue weighted by Gasteiger charge is 2.14. The first-order valence-electron chi connectivity index (χ1n) is 8.32. The fourth-order valence-corrected chi connectivity index (χ4v) is 4.47. The van der Waals surface area contributed by atoms with Gasteiger partial charge in [-0.2, -0.15) is 4.99 Å². The second-order valence-electron chi connectivity index (χ2n) is 5.79. The van der Waals surface area contributed by atoms with Crippen LogP contribution in [0.25, 0.3) is 10.2 Å². The summed E-state index contributed by atoms with van der Waals surface area (Å²) in [6.45, 7) is 5.59. The monoisotopic (exact) mass is 442 g/mol. The number of rotatable bonds is 5. The van der Waals surface area contributed by atoms with E-state index in [2.05, 4.69) is 4.99 Å². The van der Waals surface area contributed by atoms with Crippen LogP contribution in [0.4, 0.5) is 0 Å². The lowest BCUT2D eigenvalue weighted by Crippen LogP contribution is -2.20. The maximum atomic E-state index is 12.7. The number of halogens is 3. The zero-order valence-corrected chi connectivity index (χ0v) is 17.8.